The van der Waals surface area contributed by atoms with Crippen molar-refractivity contribution in [1.82, 2.24) is 5.32 Å². The number of thioether (sulfide) groups is 1. The Labute approximate surface area is 139 Å². The van der Waals surface area contributed by atoms with Crippen LogP contribution in [-0.4, -0.2) is 49.6 Å². The average molecular weight is 354 g/mol. The van der Waals surface area contributed by atoms with E-state index in [1.54, 1.807) is 6.92 Å². The van der Waals surface area contributed by atoms with Gasteiger partial charge in [0.1, 0.15) is 6.54 Å². The number of hydrogen-bond acceptors (Lipinski definition) is 5. The number of amides is 2. The van der Waals surface area contributed by atoms with Crippen LogP contribution < -0.4 is 10.2 Å². The van der Waals surface area contributed by atoms with Gasteiger partial charge in [0.25, 0.3) is 0 Å². The van der Waals surface area contributed by atoms with Crippen molar-refractivity contribution in [3.63, 3.8) is 0 Å². The monoisotopic (exact) mass is 354 g/mol. The average Bonchev–Trinajstić information content (AvgIpc) is 2.75. The summed E-state index contributed by atoms with van der Waals surface area (Å²) in [4.78, 5) is 26.9. The van der Waals surface area contributed by atoms with Crippen molar-refractivity contribution >= 4 is 39.1 Å². The van der Waals surface area contributed by atoms with E-state index in [-0.39, 0.29) is 29.9 Å². The van der Waals surface area contributed by atoms with Gasteiger partial charge in [-0.1, -0.05) is 12.1 Å². The number of anilines is 1. The molecule has 0 aromatic heterocycles. The van der Waals surface area contributed by atoms with Crippen LogP contribution in [0.15, 0.2) is 29.2 Å². The maximum atomic E-state index is 12.3. The Morgan fingerprint density at radius 3 is 2.83 bits per heavy atom. The molecule has 0 bridgehead atoms. The van der Waals surface area contributed by atoms with Gasteiger partial charge in [0.2, 0.25) is 11.8 Å². The highest BCUT2D eigenvalue weighted by Gasteiger charge is 2.40. The van der Waals surface area contributed by atoms with Gasteiger partial charge in [-0.2, -0.15) is 0 Å². The molecule has 0 radical (unpaired) electrons. The number of fused-ring (bicyclic) bond motifs is 1. The molecule has 1 N–H and O–H groups in total. The van der Waals surface area contributed by atoms with Gasteiger partial charge in [0, 0.05) is 4.90 Å². The van der Waals surface area contributed by atoms with Crippen LogP contribution in [0.3, 0.4) is 0 Å². The molecule has 1 atom stereocenters. The number of rotatable bonds is 3. The summed E-state index contributed by atoms with van der Waals surface area (Å²) in [5.74, 6) is -0.110. The Balaban J connectivity index is 1.72. The largest absolute Gasteiger partial charge is 0.348 e. The molecule has 6 nitrogen and oxygen atoms in total. The van der Waals surface area contributed by atoms with E-state index in [0.717, 1.165) is 10.6 Å². The third-order valence-electron chi connectivity index (χ3n) is 4.05. The molecule has 2 aliphatic heterocycles. The third-order valence-corrected chi connectivity index (χ3v) is 7.01. The van der Waals surface area contributed by atoms with E-state index in [0.29, 0.717) is 12.2 Å². The maximum Gasteiger partial charge on any atom is 0.240 e. The molecule has 2 amide bonds. The van der Waals surface area contributed by atoms with E-state index in [9.17, 15) is 18.0 Å². The summed E-state index contributed by atoms with van der Waals surface area (Å²) >= 11 is 1.46. The fraction of sp³-hybridized carbons (Fsp3) is 0.467. The van der Waals surface area contributed by atoms with E-state index in [1.807, 2.05) is 24.3 Å². The van der Waals surface area contributed by atoms with Gasteiger partial charge in [-0.05, 0) is 25.5 Å². The summed E-state index contributed by atoms with van der Waals surface area (Å²) in [7, 11) is -3.09. The number of nitrogens with zero attached hydrogens (tertiary/aromatic N) is 1. The molecular weight excluding hydrogens is 336 g/mol. The van der Waals surface area contributed by atoms with Crippen molar-refractivity contribution in [2.75, 3.05) is 28.7 Å². The second-order valence-electron chi connectivity index (χ2n) is 6.19. The second-order valence-corrected chi connectivity index (χ2v) is 9.39. The molecule has 1 saturated heterocycles. The summed E-state index contributed by atoms with van der Waals surface area (Å²) in [6.07, 6.45) is 0.404. The molecule has 8 heteroatoms. The molecule has 1 aromatic carbocycles. The zero-order valence-corrected chi connectivity index (χ0v) is 14.4. The Bertz CT molecular complexity index is 762. The summed E-state index contributed by atoms with van der Waals surface area (Å²) in [5.41, 5.74) is -0.0173. The van der Waals surface area contributed by atoms with Crippen molar-refractivity contribution in [3.05, 3.63) is 24.3 Å². The lowest BCUT2D eigenvalue weighted by Gasteiger charge is -2.30. The molecule has 1 aromatic rings. The van der Waals surface area contributed by atoms with Crippen molar-refractivity contribution in [1.29, 1.82) is 0 Å². The summed E-state index contributed by atoms with van der Waals surface area (Å²) in [5, 5.41) is 2.79. The van der Waals surface area contributed by atoms with Crippen molar-refractivity contribution in [2.45, 2.75) is 23.8 Å². The van der Waals surface area contributed by atoms with Crippen molar-refractivity contribution in [3.8, 4) is 0 Å². The molecule has 0 saturated carbocycles. The van der Waals surface area contributed by atoms with Gasteiger partial charge in [-0.3, -0.25) is 9.59 Å². The number of benzene rings is 1. The number of carbonyl (C=O) groups excluding carboxylic acids is 2. The first-order chi connectivity index (χ1) is 10.8. The first-order valence-corrected chi connectivity index (χ1v) is 10.1. The number of hydrogen-bond donors (Lipinski definition) is 1. The molecule has 2 aliphatic rings. The molecule has 0 aliphatic carbocycles. The molecule has 0 spiro atoms. The zero-order chi connectivity index (χ0) is 16.7. The topological polar surface area (TPSA) is 83.6 Å². The van der Waals surface area contributed by atoms with Crippen molar-refractivity contribution in [2.24, 2.45) is 0 Å². The Hall–Kier alpha value is -1.54. The van der Waals surface area contributed by atoms with Crippen LogP contribution in [0.5, 0.6) is 0 Å². The van der Waals surface area contributed by atoms with Crippen LogP contribution in [0.2, 0.25) is 0 Å². The highest BCUT2D eigenvalue weighted by Crippen LogP contribution is 2.34. The first kappa shape index (κ1) is 16.3. The van der Waals surface area contributed by atoms with Gasteiger partial charge in [0.05, 0.1) is 28.5 Å². The lowest BCUT2D eigenvalue weighted by Crippen LogP contribution is -2.52. The van der Waals surface area contributed by atoms with E-state index in [4.69, 9.17) is 0 Å². The van der Waals surface area contributed by atoms with E-state index < -0.39 is 15.4 Å². The van der Waals surface area contributed by atoms with Crippen LogP contribution in [0.4, 0.5) is 5.69 Å². The Kier molecular flexibility index (Phi) is 4.14. The smallest absolute Gasteiger partial charge is 0.240 e. The van der Waals surface area contributed by atoms with Crippen LogP contribution in [-0.2, 0) is 19.4 Å². The maximum absolute atomic E-state index is 12.3. The second kappa shape index (κ2) is 5.83. The molecule has 1 fully saturated rings. The SMILES string of the molecule is C[C@]1(NC(=O)CN2C(=O)CSc3ccccc32)CCS(=O)(=O)C1. The fourth-order valence-corrected chi connectivity index (χ4v) is 5.98. The van der Waals surface area contributed by atoms with Crippen LogP contribution >= 0.6 is 11.8 Å². The minimum atomic E-state index is -3.09. The molecule has 2 heterocycles. The quantitative estimate of drug-likeness (QED) is 0.869. The van der Waals surface area contributed by atoms with Gasteiger partial charge in [-0.15, -0.1) is 11.8 Å². The molecular formula is C15H18N2O4S2. The van der Waals surface area contributed by atoms with Crippen LogP contribution in [0.1, 0.15) is 13.3 Å². The Morgan fingerprint density at radius 2 is 2.13 bits per heavy atom. The van der Waals surface area contributed by atoms with Gasteiger partial charge < -0.3 is 10.2 Å². The molecule has 0 unspecified atom stereocenters. The normalized spacial score (nSPS) is 26.0. The highest BCUT2D eigenvalue weighted by atomic mass is 32.2. The fourth-order valence-electron chi connectivity index (χ4n) is 2.96. The molecule has 23 heavy (non-hydrogen) atoms. The summed E-state index contributed by atoms with van der Waals surface area (Å²) < 4.78 is 23.2. The number of sulfone groups is 1. The van der Waals surface area contributed by atoms with Crippen molar-refractivity contribution < 1.29 is 18.0 Å². The van der Waals surface area contributed by atoms with Crippen LogP contribution in [0, 0.1) is 0 Å². The minimum absolute atomic E-state index is 0.0495. The standard InChI is InChI=1S/C15H18N2O4S2/c1-15(6-7-23(20,21)10-15)16-13(18)8-17-11-4-2-3-5-12(11)22-9-14(17)19/h2-5H,6-10H2,1H3,(H,16,18)/t15-/m0/s1. The van der Waals surface area contributed by atoms with E-state index >= 15 is 0 Å². The number of carbonyl (C=O) groups is 2. The predicted molar refractivity (Wildman–Crippen MR) is 89.3 cm³/mol. The van der Waals surface area contributed by atoms with Crippen LogP contribution in [0.25, 0.3) is 0 Å². The molecule has 124 valence electrons. The predicted octanol–water partition coefficient (Wildman–Crippen LogP) is 0.819. The lowest BCUT2D eigenvalue weighted by atomic mass is 10.0. The zero-order valence-electron chi connectivity index (χ0n) is 12.7. The van der Waals surface area contributed by atoms with Gasteiger partial charge >= 0.3 is 0 Å². The lowest BCUT2D eigenvalue weighted by molar-refractivity contribution is -0.124. The summed E-state index contributed by atoms with van der Waals surface area (Å²) in [6.45, 7) is 1.64. The molecule has 3 rings (SSSR count). The van der Waals surface area contributed by atoms with Gasteiger partial charge in [0.15, 0.2) is 9.84 Å². The first-order valence-electron chi connectivity index (χ1n) is 7.32. The summed E-state index contributed by atoms with van der Waals surface area (Å²) in [6, 6.07) is 7.45. The third kappa shape index (κ3) is 3.53. The van der Waals surface area contributed by atoms with E-state index in [1.165, 1.54) is 16.7 Å². The number of para-hydroxylation sites is 1. The minimum Gasteiger partial charge on any atom is -0.348 e. The van der Waals surface area contributed by atoms with Gasteiger partial charge in [-0.25, -0.2) is 8.42 Å². The highest BCUT2D eigenvalue weighted by molar-refractivity contribution is 8.00. The van der Waals surface area contributed by atoms with E-state index in [2.05, 4.69) is 5.32 Å². The number of nitrogens with one attached hydrogen (secondary N) is 1. The Morgan fingerprint density at radius 1 is 1.39 bits per heavy atom.